The number of carbonyl (C=O) groups excluding carboxylic acids is 1. The lowest BCUT2D eigenvalue weighted by molar-refractivity contribution is 0.0974. The van der Waals surface area contributed by atoms with Crippen molar-refractivity contribution in [3.63, 3.8) is 0 Å². The maximum atomic E-state index is 12.5. The summed E-state index contributed by atoms with van der Waals surface area (Å²) < 4.78 is 11.7. The van der Waals surface area contributed by atoms with Crippen molar-refractivity contribution in [3.05, 3.63) is 65.2 Å². The van der Waals surface area contributed by atoms with Crippen LogP contribution >= 0.6 is 28.1 Å². The van der Waals surface area contributed by atoms with E-state index in [2.05, 4.69) is 33.1 Å². The second-order valence-corrected chi connectivity index (χ2v) is 6.43. The molecule has 2 aromatic rings. The van der Waals surface area contributed by atoms with Gasteiger partial charge in [-0.1, -0.05) is 28.6 Å². The number of halogens is 1. The van der Waals surface area contributed by atoms with Crippen LogP contribution in [0, 0.1) is 0 Å². The summed E-state index contributed by atoms with van der Waals surface area (Å²) in [4.78, 5) is 12.5. The molecule has 0 aliphatic heterocycles. The molecule has 0 fully saturated rings. The highest BCUT2D eigenvalue weighted by Crippen LogP contribution is 2.23. The molecule has 7 heteroatoms. The largest absolute Gasteiger partial charge is 0.493 e. The molecule has 2 aromatic carbocycles. The molecule has 136 valence electrons. The van der Waals surface area contributed by atoms with Crippen molar-refractivity contribution in [2.24, 2.45) is 0 Å². The lowest BCUT2D eigenvalue weighted by atomic mass is 10.2. The van der Waals surface area contributed by atoms with Crippen LogP contribution < -0.4 is 20.1 Å². The highest BCUT2D eigenvalue weighted by Gasteiger charge is 2.14. The number of nitrogens with one attached hydrogen (secondary N) is 2. The highest BCUT2D eigenvalue weighted by atomic mass is 79.9. The van der Waals surface area contributed by atoms with Crippen LogP contribution in [0.3, 0.4) is 0 Å². The Balaban J connectivity index is 2.00. The van der Waals surface area contributed by atoms with Crippen molar-refractivity contribution in [1.29, 1.82) is 0 Å². The van der Waals surface area contributed by atoms with Crippen LogP contribution in [0.2, 0.25) is 0 Å². The van der Waals surface area contributed by atoms with E-state index in [1.165, 1.54) is 0 Å². The highest BCUT2D eigenvalue weighted by molar-refractivity contribution is 9.10. The number of anilines is 1. The van der Waals surface area contributed by atoms with Crippen LogP contribution in [0.5, 0.6) is 11.5 Å². The van der Waals surface area contributed by atoms with Gasteiger partial charge in [0.25, 0.3) is 5.91 Å². The van der Waals surface area contributed by atoms with E-state index in [1.807, 2.05) is 25.1 Å². The minimum atomic E-state index is -0.349. The lowest BCUT2D eigenvalue weighted by Gasteiger charge is -2.13. The predicted octanol–water partition coefficient (Wildman–Crippen LogP) is 4.54. The molecular weight excluding hydrogens is 416 g/mol. The van der Waals surface area contributed by atoms with Gasteiger partial charge in [0.05, 0.1) is 12.2 Å². The number of hydrogen-bond donors (Lipinski definition) is 2. The van der Waals surface area contributed by atoms with E-state index >= 15 is 0 Å². The van der Waals surface area contributed by atoms with Gasteiger partial charge in [-0.25, -0.2) is 0 Å². The zero-order valence-corrected chi connectivity index (χ0v) is 16.7. The molecule has 2 N–H and O–H groups in total. The first-order valence-electron chi connectivity index (χ1n) is 7.92. The molecule has 26 heavy (non-hydrogen) atoms. The number of benzene rings is 2. The minimum Gasteiger partial charge on any atom is -0.493 e. The molecule has 1 amide bonds. The van der Waals surface area contributed by atoms with Gasteiger partial charge in [0.2, 0.25) is 0 Å². The number of amides is 1. The zero-order valence-electron chi connectivity index (χ0n) is 14.3. The summed E-state index contributed by atoms with van der Waals surface area (Å²) in [5.41, 5.74) is 1.14. The van der Waals surface area contributed by atoms with E-state index in [9.17, 15) is 4.79 Å². The molecule has 0 aliphatic carbocycles. The van der Waals surface area contributed by atoms with Gasteiger partial charge in [-0.3, -0.25) is 10.1 Å². The van der Waals surface area contributed by atoms with Gasteiger partial charge in [0.1, 0.15) is 18.1 Å². The third-order valence-electron chi connectivity index (χ3n) is 3.19. The summed E-state index contributed by atoms with van der Waals surface area (Å²) in [6, 6.07) is 12.5. The number of thiocarbonyl (C=S) groups is 1. The standard InChI is InChI=1S/C19H19BrN2O3S/c1-3-11-25-15-8-6-14(7-9-15)21-19(26)22-18(23)16-12-13(20)5-10-17(16)24-4-2/h3,5-10,12H,1,4,11H2,2H3,(H2,21,22,23,26). The summed E-state index contributed by atoms with van der Waals surface area (Å²) in [7, 11) is 0. The van der Waals surface area contributed by atoms with Crippen molar-refractivity contribution >= 4 is 44.9 Å². The Morgan fingerprint density at radius 3 is 2.62 bits per heavy atom. The van der Waals surface area contributed by atoms with Gasteiger partial charge in [0, 0.05) is 10.2 Å². The Bertz CT molecular complexity index is 794. The Labute approximate surface area is 166 Å². The molecule has 0 heterocycles. The molecular formula is C19H19BrN2O3S. The molecule has 0 spiro atoms. The van der Waals surface area contributed by atoms with Crippen molar-refractivity contribution in [3.8, 4) is 11.5 Å². The third-order valence-corrected chi connectivity index (χ3v) is 3.89. The zero-order chi connectivity index (χ0) is 18.9. The fourth-order valence-corrected chi connectivity index (χ4v) is 2.66. The normalized spacial score (nSPS) is 9.92. The molecule has 0 bridgehead atoms. The third kappa shape index (κ3) is 5.86. The molecule has 2 rings (SSSR count). The number of carbonyl (C=O) groups is 1. The molecule has 0 atom stereocenters. The van der Waals surface area contributed by atoms with Crippen LogP contribution in [0.25, 0.3) is 0 Å². The molecule has 0 aromatic heterocycles. The maximum Gasteiger partial charge on any atom is 0.261 e. The second-order valence-electron chi connectivity index (χ2n) is 5.11. The first-order valence-corrected chi connectivity index (χ1v) is 9.12. The molecule has 0 saturated heterocycles. The van der Waals surface area contributed by atoms with Gasteiger partial charge in [0.15, 0.2) is 5.11 Å². The number of hydrogen-bond acceptors (Lipinski definition) is 4. The van der Waals surface area contributed by atoms with Crippen LogP contribution in [0.1, 0.15) is 17.3 Å². The molecule has 0 aliphatic rings. The second kappa shape index (κ2) is 9.94. The van der Waals surface area contributed by atoms with Crippen LogP contribution in [-0.4, -0.2) is 24.2 Å². The van der Waals surface area contributed by atoms with E-state index in [-0.39, 0.29) is 11.0 Å². The monoisotopic (exact) mass is 434 g/mol. The van der Waals surface area contributed by atoms with E-state index in [0.29, 0.717) is 24.5 Å². The van der Waals surface area contributed by atoms with Gasteiger partial charge in [-0.15, -0.1) is 0 Å². The molecule has 5 nitrogen and oxygen atoms in total. The Kier molecular flexibility index (Phi) is 7.62. The van der Waals surface area contributed by atoms with E-state index in [4.69, 9.17) is 21.7 Å². The van der Waals surface area contributed by atoms with Crippen LogP contribution in [-0.2, 0) is 0 Å². The summed E-state index contributed by atoms with van der Waals surface area (Å²) >= 11 is 8.57. The average molecular weight is 435 g/mol. The summed E-state index contributed by atoms with van der Waals surface area (Å²) in [6.45, 7) is 6.36. The van der Waals surface area contributed by atoms with Gasteiger partial charge < -0.3 is 14.8 Å². The van der Waals surface area contributed by atoms with Gasteiger partial charge in [-0.2, -0.15) is 0 Å². The Hall–Kier alpha value is -2.38. The first kappa shape index (κ1) is 19.9. The summed E-state index contributed by atoms with van der Waals surface area (Å²) in [5, 5.41) is 5.81. The maximum absolute atomic E-state index is 12.5. The molecule has 0 radical (unpaired) electrons. The average Bonchev–Trinajstić information content (AvgIpc) is 2.62. The SMILES string of the molecule is C=CCOc1ccc(NC(=S)NC(=O)c2cc(Br)ccc2OCC)cc1. The van der Waals surface area contributed by atoms with E-state index < -0.39 is 0 Å². The Morgan fingerprint density at radius 2 is 1.96 bits per heavy atom. The smallest absolute Gasteiger partial charge is 0.261 e. The summed E-state index contributed by atoms with van der Waals surface area (Å²) in [6.07, 6.45) is 1.68. The van der Waals surface area contributed by atoms with Gasteiger partial charge >= 0.3 is 0 Å². The fraction of sp³-hybridized carbons (Fsp3) is 0.158. The topological polar surface area (TPSA) is 59.6 Å². The first-order chi connectivity index (χ1) is 12.5. The van der Waals surface area contributed by atoms with Crippen LogP contribution in [0.15, 0.2) is 59.6 Å². The lowest BCUT2D eigenvalue weighted by Crippen LogP contribution is -2.34. The predicted molar refractivity (Wildman–Crippen MR) is 111 cm³/mol. The number of rotatable bonds is 7. The summed E-state index contributed by atoms with van der Waals surface area (Å²) in [5.74, 6) is 0.874. The van der Waals surface area contributed by atoms with Crippen molar-refractivity contribution in [2.45, 2.75) is 6.92 Å². The van der Waals surface area contributed by atoms with Gasteiger partial charge in [-0.05, 0) is 61.6 Å². The van der Waals surface area contributed by atoms with Crippen molar-refractivity contribution in [2.75, 3.05) is 18.5 Å². The number of ether oxygens (including phenoxy) is 2. The van der Waals surface area contributed by atoms with E-state index in [0.717, 1.165) is 15.9 Å². The van der Waals surface area contributed by atoms with E-state index in [1.54, 1.807) is 30.3 Å². The fourth-order valence-electron chi connectivity index (χ4n) is 2.08. The minimum absolute atomic E-state index is 0.192. The molecule has 0 unspecified atom stereocenters. The van der Waals surface area contributed by atoms with Crippen molar-refractivity contribution < 1.29 is 14.3 Å². The van der Waals surface area contributed by atoms with Crippen molar-refractivity contribution in [1.82, 2.24) is 5.32 Å². The molecule has 0 saturated carbocycles. The van der Waals surface area contributed by atoms with Crippen LogP contribution in [0.4, 0.5) is 5.69 Å². The quantitative estimate of drug-likeness (QED) is 0.494. The Morgan fingerprint density at radius 1 is 1.23 bits per heavy atom.